The normalized spacial score (nSPS) is 16.2. The van der Waals surface area contributed by atoms with Gasteiger partial charge in [0.05, 0.1) is 14.2 Å². The van der Waals surface area contributed by atoms with Gasteiger partial charge in [-0.25, -0.2) is 0 Å². The third kappa shape index (κ3) is 4.97. The largest absolute Gasteiger partial charge is 0.493 e. The van der Waals surface area contributed by atoms with Crippen LogP contribution >= 0.6 is 0 Å². The molecule has 1 amide bonds. The summed E-state index contributed by atoms with van der Waals surface area (Å²) in [5, 5.41) is 2.95. The molecule has 1 unspecified atom stereocenters. The molecule has 8 heteroatoms. The van der Waals surface area contributed by atoms with Crippen LogP contribution in [-0.4, -0.2) is 39.3 Å². The lowest BCUT2D eigenvalue weighted by molar-refractivity contribution is -0.0526. The molecule has 2 rings (SSSR count). The zero-order valence-electron chi connectivity index (χ0n) is 15.1. The number of carbonyl (C=O) groups is 1. The smallest absolute Gasteiger partial charge is 0.387 e. The Kier molecular flexibility index (Phi) is 7.44. The summed E-state index contributed by atoms with van der Waals surface area (Å²) >= 11 is 0. The number of hydrogen-bond acceptors (Lipinski definition) is 5. The highest BCUT2D eigenvalue weighted by molar-refractivity contribution is 5.95. The number of nitrogens with one attached hydrogen (secondary N) is 1. The summed E-state index contributed by atoms with van der Waals surface area (Å²) < 4.78 is 39.8. The van der Waals surface area contributed by atoms with Gasteiger partial charge in [0, 0.05) is 18.2 Å². The lowest BCUT2D eigenvalue weighted by atomic mass is 9.84. The van der Waals surface area contributed by atoms with Gasteiger partial charge in [-0.05, 0) is 30.9 Å². The van der Waals surface area contributed by atoms with Crippen LogP contribution in [0.15, 0.2) is 12.1 Å². The van der Waals surface area contributed by atoms with Gasteiger partial charge in [0.2, 0.25) is 5.75 Å². The second-order valence-electron chi connectivity index (χ2n) is 6.30. The minimum Gasteiger partial charge on any atom is -0.493 e. The minimum atomic E-state index is -3.04. The topological polar surface area (TPSA) is 82.8 Å². The molecule has 1 aliphatic rings. The highest BCUT2D eigenvalue weighted by atomic mass is 19.3. The molecule has 0 aromatic heterocycles. The number of nitrogens with two attached hydrogens (primary N) is 1. The van der Waals surface area contributed by atoms with E-state index in [1.807, 2.05) is 0 Å². The molecular formula is C18H26F2N2O4. The van der Waals surface area contributed by atoms with Crippen LogP contribution in [0.1, 0.15) is 42.5 Å². The summed E-state index contributed by atoms with van der Waals surface area (Å²) in [6, 6.07) is 2.57. The number of methoxy groups -OCH3 is 2. The van der Waals surface area contributed by atoms with E-state index in [2.05, 4.69) is 10.1 Å². The SMILES string of the molecule is COc1cc(C(=O)NC(CN)C2CCCCC2)cc(OC)c1OC(F)F. The molecule has 146 valence electrons. The molecular weight excluding hydrogens is 346 g/mol. The number of halogens is 2. The van der Waals surface area contributed by atoms with E-state index in [-0.39, 0.29) is 34.8 Å². The van der Waals surface area contributed by atoms with Crippen LogP contribution in [0.4, 0.5) is 8.78 Å². The standard InChI is InChI=1S/C18H26F2N2O4/c1-24-14-8-12(9-15(25-2)16(14)26-18(19)20)17(23)22-13(10-21)11-6-4-3-5-7-11/h8-9,11,13,18H,3-7,10,21H2,1-2H3,(H,22,23). The fourth-order valence-electron chi connectivity index (χ4n) is 3.37. The molecule has 0 aliphatic heterocycles. The van der Waals surface area contributed by atoms with Crippen molar-refractivity contribution in [1.29, 1.82) is 0 Å². The van der Waals surface area contributed by atoms with E-state index in [1.54, 1.807) is 0 Å². The van der Waals surface area contributed by atoms with Crippen LogP contribution < -0.4 is 25.3 Å². The Balaban J connectivity index is 2.21. The van der Waals surface area contributed by atoms with E-state index in [4.69, 9.17) is 15.2 Å². The quantitative estimate of drug-likeness (QED) is 0.733. The van der Waals surface area contributed by atoms with Gasteiger partial charge in [0.15, 0.2) is 11.5 Å². The predicted octanol–water partition coefficient (Wildman–Crippen LogP) is 2.94. The fourth-order valence-corrected chi connectivity index (χ4v) is 3.37. The number of benzene rings is 1. The first kappa shape index (κ1) is 20.2. The van der Waals surface area contributed by atoms with Crippen LogP contribution in [0.3, 0.4) is 0 Å². The number of alkyl halides is 2. The van der Waals surface area contributed by atoms with Crippen LogP contribution in [0.5, 0.6) is 17.2 Å². The number of amides is 1. The third-order valence-corrected chi connectivity index (χ3v) is 4.72. The lowest BCUT2D eigenvalue weighted by Crippen LogP contribution is -2.45. The molecule has 1 aromatic rings. The molecule has 1 atom stereocenters. The molecule has 6 nitrogen and oxygen atoms in total. The summed E-state index contributed by atoms with van der Waals surface area (Å²) in [5.41, 5.74) is 6.08. The Morgan fingerprint density at radius 3 is 2.23 bits per heavy atom. The van der Waals surface area contributed by atoms with Crippen molar-refractivity contribution in [2.24, 2.45) is 11.7 Å². The average Bonchev–Trinajstić information content (AvgIpc) is 2.66. The maximum atomic E-state index is 12.7. The van der Waals surface area contributed by atoms with Gasteiger partial charge in [-0.15, -0.1) is 0 Å². The van der Waals surface area contributed by atoms with E-state index in [0.29, 0.717) is 12.5 Å². The van der Waals surface area contributed by atoms with E-state index in [0.717, 1.165) is 25.7 Å². The molecule has 26 heavy (non-hydrogen) atoms. The molecule has 1 saturated carbocycles. The van der Waals surface area contributed by atoms with E-state index in [1.165, 1.54) is 32.8 Å². The van der Waals surface area contributed by atoms with Crippen molar-refractivity contribution < 1.29 is 27.8 Å². The van der Waals surface area contributed by atoms with E-state index >= 15 is 0 Å². The zero-order chi connectivity index (χ0) is 19.1. The van der Waals surface area contributed by atoms with Crippen molar-refractivity contribution in [3.05, 3.63) is 17.7 Å². The number of ether oxygens (including phenoxy) is 3. The minimum absolute atomic E-state index is 0.00300. The summed E-state index contributed by atoms with van der Waals surface area (Å²) in [7, 11) is 2.61. The first-order valence-corrected chi connectivity index (χ1v) is 8.71. The molecule has 1 aliphatic carbocycles. The monoisotopic (exact) mass is 372 g/mol. The molecule has 1 aromatic carbocycles. The van der Waals surface area contributed by atoms with Crippen molar-refractivity contribution in [2.45, 2.75) is 44.8 Å². The molecule has 3 N–H and O–H groups in total. The molecule has 0 heterocycles. The average molecular weight is 372 g/mol. The second kappa shape index (κ2) is 9.56. The molecule has 0 spiro atoms. The summed E-state index contributed by atoms with van der Waals surface area (Å²) in [6.07, 6.45) is 5.56. The number of hydrogen-bond donors (Lipinski definition) is 2. The first-order valence-electron chi connectivity index (χ1n) is 8.71. The van der Waals surface area contributed by atoms with Crippen molar-refractivity contribution in [3.63, 3.8) is 0 Å². The summed E-state index contributed by atoms with van der Waals surface area (Å²) in [4.78, 5) is 12.7. The zero-order valence-corrected chi connectivity index (χ0v) is 15.1. The van der Waals surface area contributed by atoms with Crippen LogP contribution in [0.25, 0.3) is 0 Å². The van der Waals surface area contributed by atoms with Crippen LogP contribution in [-0.2, 0) is 0 Å². The highest BCUT2D eigenvalue weighted by Crippen LogP contribution is 2.39. The number of rotatable bonds is 8. The van der Waals surface area contributed by atoms with Crippen molar-refractivity contribution >= 4 is 5.91 Å². The fraction of sp³-hybridized carbons (Fsp3) is 0.611. The van der Waals surface area contributed by atoms with Crippen molar-refractivity contribution in [2.75, 3.05) is 20.8 Å². The Bertz CT molecular complexity index is 582. The van der Waals surface area contributed by atoms with Gasteiger partial charge in [-0.2, -0.15) is 8.78 Å². The highest BCUT2D eigenvalue weighted by Gasteiger charge is 2.26. The Morgan fingerprint density at radius 2 is 1.77 bits per heavy atom. The summed E-state index contributed by atoms with van der Waals surface area (Å²) in [5.74, 6) is -0.258. The van der Waals surface area contributed by atoms with Crippen LogP contribution in [0, 0.1) is 5.92 Å². The van der Waals surface area contributed by atoms with Crippen molar-refractivity contribution in [3.8, 4) is 17.2 Å². The van der Waals surface area contributed by atoms with Gasteiger partial charge in [0.1, 0.15) is 0 Å². The molecule has 0 saturated heterocycles. The number of carbonyl (C=O) groups excluding carboxylic acids is 1. The van der Waals surface area contributed by atoms with Gasteiger partial charge >= 0.3 is 6.61 Å². The predicted molar refractivity (Wildman–Crippen MR) is 93.1 cm³/mol. The van der Waals surface area contributed by atoms with E-state index < -0.39 is 6.61 Å². The molecule has 1 fully saturated rings. The molecule has 0 radical (unpaired) electrons. The lowest BCUT2D eigenvalue weighted by Gasteiger charge is -2.30. The van der Waals surface area contributed by atoms with Gasteiger partial charge in [-0.3, -0.25) is 4.79 Å². The van der Waals surface area contributed by atoms with E-state index in [9.17, 15) is 13.6 Å². The Labute approximate surface area is 152 Å². The Morgan fingerprint density at radius 1 is 1.19 bits per heavy atom. The van der Waals surface area contributed by atoms with Gasteiger partial charge < -0.3 is 25.3 Å². The van der Waals surface area contributed by atoms with Gasteiger partial charge in [-0.1, -0.05) is 19.3 Å². The summed E-state index contributed by atoms with van der Waals surface area (Å²) in [6.45, 7) is -2.69. The first-order chi connectivity index (χ1) is 12.5. The Hall–Kier alpha value is -2.09. The third-order valence-electron chi connectivity index (χ3n) is 4.72. The maximum Gasteiger partial charge on any atom is 0.387 e. The molecule has 0 bridgehead atoms. The second-order valence-corrected chi connectivity index (χ2v) is 6.30. The maximum absolute atomic E-state index is 12.7. The van der Waals surface area contributed by atoms with Crippen LogP contribution in [0.2, 0.25) is 0 Å². The van der Waals surface area contributed by atoms with Gasteiger partial charge in [0.25, 0.3) is 5.91 Å². The van der Waals surface area contributed by atoms with Crippen molar-refractivity contribution in [1.82, 2.24) is 5.32 Å².